The van der Waals surface area contributed by atoms with Crippen LogP contribution in [0.2, 0.25) is 0 Å². The Morgan fingerprint density at radius 2 is 0.378 bits per heavy atom. The monoisotopic (exact) mass is 520 g/mol. The van der Waals surface area contributed by atoms with Crippen molar-refractivity contribution < 1.29 is 0 Å². The maximum Gasteiger partial charge on any atom is 0.0904 e. The normalized spacial score (nSPS) is 11.4. The molecule has 0 aliphatic rings. The summed E-state index contributed by atoms with van der Waals surface area (Å²) < 4.78 is 0. The Balaban J connectivity index is 3.87. The van der Waals surface area contributed by atoms with Gasteiger partial charge >= 0.3 is 0 Å². The molecule has 0 unspecified atom stereocenters. The van der Waals surface area contributed by atoms with Crippen molar-refractivity contribution >= 4 is 0 Å². The van der Waals surface area contributed by atoms with Crippen LogP contribution in [0.5, 0.6) is 0 Å². The van der Waals surface area contributed by atoms with Crippen LogP contribution in [-0.4, -0.2) is 0 Å². The number of unbranched alkanes of at least 4 members (excludes halogenated alkanes) is 27. The third kappa shape index (κ3) is 32.0. The molecule has 0 aromatic rings. The molecule has 0 nitrogen and oxygen atoms in total. The molecule has 0 radical (unpaired) electrons. The molecule has 37 heavy (non-hydrogen) atoms. The highest BCUT2D eigenvalue weighted by molar-refractivity contribution is 4.89. The minimum Gasteiger partial charge on any atom is -0.0654 e. The van der Waals surface area contributed by atoms with Crippen molar-refractivity contribution in [3.63, 3.8) is 0 Å². The molecule has 0 heterocycles. The summed E-state index contributed by atoms with van der Waals surface area (Å²) in [6.45, 7) is 6.95. The predicted octanol–water partition coefficient (Wildman–Crippen LogP) is 14.5. The quantitative estimate of drug-likeness (QED) is 0.0597. The van der Waals surface area contributed by atoms with Gasteiger partial charge in [-0.25, -0.2) is 0 Å². The fraction of sp³-hybridized carbons (Fsp3) is 0.973. The summed E-state index contributed by atoms with van der Waals surface area (Å²) in [4.78, 5) is 0. The van der Waals surface area contributed by atoms with Crippen LogP contribution in [0.15, 0.2) is 0 Å². The largest absolute Gasteiger partial charge is 0.0904 e. The molecule has 0 aromatic heterocycles. The van der Waals surface area contributed by atoms with Gasteiger partial charge in [-0.15, -0.1) is 0 Å². The lowest BCUT2D eigenvalue weighted by atomic mass is 9.89. The van der Waals surface area contributed by atoms with E-state index in [0.29, 0.717) is 0 Å². The summed E-state index contributed by atoms with van der Waals surface area (Å²) in [5.74, 6) is 1.94. The lowest BCUT2D eigenvalue weighted by Crippen LogP contribution is -1.99. The Kier molecular flexibility index (Phi) is 33.8. The molecule has 0 saturated heterocycles. The molecule has 0 amide bonds. The Morgan fingerprint density at radius 3 is 0.568 bits per heavy atom. The van der Waals surface area contributed by atoms with Gasteiger partial charge in [-0.2, -0.15) is 0 Å². The summed E-state index contributed by atoms with van der Waals surface area (Å²) in [5.41, 5.74) is 0. The molecular weight excluding hydrogens is 444 g/mol. The Hall–Kier alpha value is -0.130. The molecule has 0 aliphatic carbocycles. The molecule has 0 spiro atoms. The lowest BCUT2D eigenvalue weighted by Gasteiger charge is -2.09. The van der Waals surface area contributed by atoms with Crippen LogP contribution in [0.4, 0.5) is 0 Å². The van der Waals surface area contributed by atoms with Crippen molar-refractivity contribution in [1.29, 1.82) is 0 Å². The molecule has 222 valence electrons. The second-order valence-electron chi connectivity index (χ2n) is 12.5. The molecule has 0 bridgehead atoms. The standard InChI is InChI=1S/C37H75/c1-4-7-10-13-16-19-22-25-28-31-34-37(35-32-29-26-23-20-17-14-11-8-5-2)36-33-30-27-24-21-18-15-12-9-6-3/h4-36H2,1-3H3/q+1. The van der Waals surface area contributed by atoms with Crippen molar-refractivity contribution in [2.45, 2.75) is 233 Å². The second kappa shape index (κ2) is 33.9. The zero-order valence-corrected chi connectivity index (χ0v) is 26.8. The van der Waals surface area contributed by atoms with E-state index in [2.05, 4.69) is 20.8 Å². The van der Waals surface area contributed by atoms with Gasteiger partial charge in [-0.1, -0.05) is 175 Å². The van der Waals surface area contributed by atoms with Gasteiger partial charge in [-0.3, -0.25) is 0 Å². The van der Waals surface area contributed by atoms with Crippen LogP contribution in [-0.2, 0) is 0 Å². The van der Waals surface area contributed by atoms with E-state index in [4.69, 9.17) is 0 Å². The van der Waals surface area contributed by atoms with Crippen LogP contribution >= 0.6 is 0 Å². The van der Waals surface area contributed by atoms with Gasteiger partial charge in [0.15, 0.2) is 0 Å². The van der Waals surface area contributed by atoms with Crippen molar-refractivity contribution in [3.05, 3.63) is 5.92 Å². The fourth-order valence-electron chi connectivity index (χ4n) is 5.96. The second-order valence-corrected chi connectivity index (χ2v) is 12.5. The Bertz CT molecular complexity index is 315. The number of hydrogen-bond donors (Lipinski definition) is 0. The minimum absolute atomic E-state index is 1.37. The summed E-state index contributed by atoms with van der Waals surface area (Å²) in [6, 6.07) is 0. The van der Waals surface area contributed by atoms with Crippen molar-refractivity contribution in [2.75, 3.05) is 0 Å². The fourth-order valence-corrected chi connectivity index (χ4v) is 5.96. The number of rotatable bonds is 33. The Morgan fingerprint density at radius 1 is 0.216 bits per heavy atom. The van der Waals surface area contributed by atoms with Gasteiger partial charge in [0.25, 0.3) is 0 Å². The summed E-state index contributed by atoms with van der Waals surface area (Å²) in [5, 5.41) is 0. The van der Waals surface area contributed by atoms with Crippen LogP contribution in [0.1, 0.15) is 233 Å². The minimum atomic E-state index is 1.37. The van der Waals surface area contributed by atoms with E-state index in [1.165, 1.54) is 212 Å². The van der Waals surface area contributed by atoms with Crippen LogP contribution in [0, 0.1) is 5.92 Å². The van der Waals surface area contributed by atoms with E-state index in [1.54, 1.807) is 0 Å². The first-order valence-electron chi connectivity index (χ1n) is 18.2. The molecule has 0 heteroatoms. The average molecular weight is 520 g/mol. The van der Waals surface area contributed by atoms with Gasteiger partial charge in [0.1, 0.15) is 0 Å². The lowest BCUT2D eigenvalue weighted by molar-refractivity contribution is 0.502. The average Bonchev–Trinajstić information content (AvgIpc) is 2.91. The van der Waals surface area contributed by atoms with Crippen molar-refractivity contribution in [1.82, 2.24) is 0 Å². The zero-order chi connectivity index (χ0) is 26.9. The van der Waals surface area contributed by atoms with E-state index in [-0.39, 0.29) is 0 Å². The maximum absolute atomic E-state index is 2.32. The molecular formula is C37H75+. The molecule has 0 N–H and O–H groups in total. The highest BCUT2D eigenvalue weighted by Crippen LogP contribution is 2.27. The smallest absolute Gasteiger partial charge is 0.0654 e. The van der Waals surface area contributed by atoms with Gasteiger partial charge in [0, 0.05) is 0 Å². The van der Waals surface area contributed by atoms with Gasteiger partial charge in [-0.05, 0) is 38.5 Å². The number of hydrogen-bond acceptors (Lipinski definition) is 0. The molecule has 0 aliphatic heterocycles. The van der Waals surface area contributed by atoms with E-state index in [0.717, 1.165) is 0 Å². The van der Waals surface area contributed by atoms with E-state index in [9.17, 15) is 0 Å². The SMILES string of the molecule is CCCCCCCCCCCC[C+](CCCCCCCCCCCC)CCCCCCCCCCCC. The van der Waals surface area contributed by atoms with E-state index < -0.39 is 0 Å². The first-order chi connectivity index (χ1) is 18.3. The van der Waals surface area contributed by atoms with Crippen LogP contribution in [0.3, 0.4) is 0 Å². The topological polar surface area (TPSA) is 0 Å². The predicted molar refractivity (Wildman–Crippen MR) is 173 cm³/mol. The Labute approximate surface area is 238 Å². The van der Waals surface area contributed by atoms with E-state index in [1.807, 2.05) is 5.92 Å². The van der Waals surface area contributed by atoms with E-state index >= 15 is 0 Å². The summed E-state index contributed by atoms with van der Waals surface area (Å²) in [7, 11) is 0. The molecule has 0 fully saturated rings. The third-order valence-corrected chi connectivity index (χ3v) is 8.65. The summed E-state index contributed by atoms with van der Waals surface area (Å²) >= 11 is 0. The molecule has 0 atom stereocenters. The third-order valence-electron chi connectivity index (χ3n) is 8.65. The van der Waals surface area contributed by atoms with Gasteiger partial charge in [0.2, 0.25) is 0 Å². The first-order valence-corrected chi connectivity index (χ1v) is 18.2. The van der Waals surface area contributed by atoms with Crippen LogP contribution in [0.25, 0.3) is 0 Å². The first kappa shape index (κ1) is 36.9. The van der Waals surface area contributed by atoms with Crippen molar-refractivity contribution in [2.24, 2.45) is 0 Å². The van der Waals surface area contributed by atoms with Crippen LogP contribution < -0.4 is 0 Å². The molecule has 0 saturated carbocycles. The zero-order valence-electron chi connectivity index (χ0n) is 26.8. The molecule has 0 rings (SSSR count). The summed E-state index contributed by atoms with van der Waals surface area (Å²) in [6.07, 6.45) is 48.3. The van der Waals surface area contributed by atoms with Gasteiger partial charge < -0.3 is 0 Å². The highest BCUT2D eigenvalue weighted by Gasteiger charge is 2.18. The molecule has 0 aromatic carbocycles. The maximum atomic E-state index is 2.32. The van der Waals surface area contributed by atoms with Gasteiger partial charge in [0.05, 0.1) is 25.2 Å². The van der Waals surface area contributed by atoms with Crippen molar-refractivity contribution in [3.8, 4) is 0 Å². The highest BCUT2D eigenvalue weighted by atomic mass is 14.1.